The van der Waals surface area contributed by atoms with Crippen LogP contribution >= 0.6 is 0 Å². The smallest absolute Gasteiger partial charge is 0.253 e. The Balaban J connectivity index is 0.767. The van der Waals surface area contributed by atoms with Crippen LogP contribution in [-0.4, -0.2) is 94.6 Å². The molecule has 5 aromatic rings. The first-order valence-electron chi connectivity index (χ1n) is 22.2. The molecule has 11 heteroatoms. The van der Waals surface area contributed by atoms with Crippen LogP contribution in [-0.2, 0) is 0 Å². The van der Waals surface area contributed by atoms with Crippen molar-refractivity contribution in [2.75, 3.05) is 74.5 Å². The summed E-state index contributed by atoms with van der Waals surface area (Å²) in [6.07, 6.45) is 12.2. The highest BCUT2D eigenvalue weighted by atomic mass is 16.3. The number of fused-ring (bicyclic) bond motifs is 1. The molecule has 4 N–H and O–H groups in total. The van der Waals surface area contributed by atoms with Gasteiger partial charge in [-0.25, -0.2) is 0 Å². The molecular weight excluding hydrogens is 723 g/mol. The van der Waals surface area contributed by atoms with Gasteiger partial charge in [-0.2, -0.15) is 0 Å². The third-order valence-corrected chi connectivity index (χ3v) is 13.1. The Bertz CT molecular complexity index is 2390. The Kier molecular flexibility index (Phi) is 10.1. The molecule has 0 radical (unpaired) electrons. The van der Waals surface area contributed by atoms with Crippen LogP contribution in [0.5, 0.6) is 5.75 Å². The van der Waals surface area contributed by atoms with Gasteiger partial charge in [0.15, 0.2) is 5.82 Å². The fraction of sp³-hybridized carbons (Fsp3) is 0.426. The Morgan fingerprint density at radius 1 is 0.931 bits per heavy atom. The molecule has 4 aliphatic heterocycles. The van der Waals surface area contributed by atoms with Gasteiger partial charge in [0.25, 0.3) is 5.91 Å². The number of carbonyl (C=O) groups is 1. The standard InChI is InChI=1S/C47H57N9O2/c1-32-27-35(10-11-38(32)36-7-5-20-54(30-36)44-28-41(50-51-46(44)48)40-8-3-4-9-45(40)57)47(58)53-24-14-34(15-25-53)29-52-22-16-37(17-23-52)56-26-18-39-33(2)42(12-13-43(39)56)55-21-6-19-49-31-55/h3-4,6,8-13,18,21,26-28,34,36-37,49,57H,5,7,14-17,19-20,22-25,29-31H2,1-2H3,(H2,48,51)/i19D,31D/t19?,31-,36?/m0/s1. The van der Waals surface area contributed by atoms with Gasteiger partial charge < -0.3 is 35.0 Å². The molecule has 2 unspecified atom stereocenters. The number of carbonyl (C=O) groups excluding carboxylic acids is 1. The van der Waals surface area contributed by atoms with Crippen LogP contribution in [0.4, 0.5) is 17.2 Å². The number of aromatic nitrogens is 3. The summed E-state index contributed by atoms with van der Waals surface area (Å²) in [5, 5.41) is 23.1. The number of hydrogen-bond acceptors (Lipinski definition) is 9. The quantitative estimate of drug-likeness (QED) is 0.148. The highest BCUT2D eigenvalue weighted by Crippen LogP contribution is 2.37. The number of anilines is 3. The van der Waals surface area contributed by atoms with E-state index in [0.29, 0.717) is 35.0 Å². The Morgan fingerprint density at radius 3 is 2.55 bits per heavy atom. The molecule has 1 amide bonds. The first-order chi connectivity index (χ1) is 29.1. The molecule has 302 valence electrons. The summed E-state index contributed by atoms with van der Waals surface area (Å²) in [7, 11) is 0. The molecule has 3 aromatic carbocycles. The van der Waals surface area contributed by atoms with Crippen molar-refractivity contribution < 1.29 is 12.6 Å². The molecule has 3 saturated heterocycles. The van der Waals surface area contributed by atoms with Gasteiger partial charge in [-0.3, -0.25) is 10.1 Å². The number of likely N-dealkylation sites (tertiary alicyclic amines) is 2. The molecular formula is C47H57N9O2. The van der Waals surface area contributed by atoms with Gasteiger partial charge in [-0.15, -0.1) is 10.2 Å². The molecule has 6 heterocycles. The predicted molar refractivity (Wildman–Crippen MR) is 233 cm³/mol. The number of nitrogen functional groups attached to an aromatic ring is 1. The molecule has 11 nitrogen and oxygen atoms in total. The first-order valence-corrected chi connectivity index (χ1v) is 21.1. The predicted octanol–water partition coefficient (Wildman–Crippen LogP) is 7.46. The molecule has 3 fully saturated rings. The second-order valence-electron chi connectivity index (χ2n) is 16.7. The van der Waals surface area contributed by atoms with Crippen LogP contribution < -0.4 is 20.9 Å². The SMILES string of the molecule is [2H]C1C=CN(c2ccc3c(ccn3C3CCN(CC4CCN(C(=O)c5ccc(C6CCCN(c7cc(-c8ccccc8O)nnc7N)C6)c(C)c5)CC4)CC3)c2C)[C@@H]([2H])N1. The Labute approximate surface area is 344 Å². The van der Waals surface area contributed by atoms with Crippen LogP contribution in [0, 0.1) is 19.8 Å². The number of benzene rings is 3. The number of nitrogens with zero attached hydrogens (tertiary/aromatic N) is 7. The van der Waals surface area contributed by atoms with Crippen LogP contribution in [0.3, 0.4) is 0 Å². The number of amides is 1. The average molecular weight is 782 g/mol. The molecule has 3 atom stereocenters. The molecule has 0 bridgehead atoms. The van der Waals surface area contributed by atoms with E-state index < -0.39 is 13.2 Å². The highest BCUT2D eigenvalue weighted by molar-refractivity contribution is 5.94. The molecule has 0 aliphatic carbocycles. The zero-order chi connectivity index (χ0) is 41.5. The molecule has 2 aromatic heterocycles. The van der Waals surface area contributed by atoms with Crippen LogP contribution in [0.15, 0.2) is 85.2 Å². The van der Waals surface area contributed by atoms with Crippen LogP contribution in [0.1, 0.15) is 80.3 Å². The molecule has 9 rings (SSSR count). The minimum Gasteiger partial charge on any atom is -0.507 e. The van der Waals surface area contributed by atoms with E-state index in [1.165, 1.54) is 16.5 Å². The largest absolute Gasteiger partial charge is 0.507 e. The maximum absolute atomic E-state index is 13.8. The second kappa shape index (κ2) is 16.5. The minimum absolute atomic E-state index is 0.132. The Hall–Kier alpha value is -5.39. The van der Waals surface area contributed by atoms with Crippen molar-refractivity contribution in [3.8, 4) is 17.0 Å². The van der Waals surface area contributed by atoms with Crippen LogP contribution in [0.25, 0.3) is 22.2 Å². The van der Waals surface area contributed by atoms with E-state index >= 15 is 0 Å². The van der Waals surface area contributed by atoms with Gasteiger partial charge in [-0.05, 0) is 124 Å². The fourth-order valence-corrected chi connectivity index (χ4v) is 9.91. The van der Waals surface area contributed by atoms with Crippen molar-refractivity contribution >= 4 is 34.0 Å². The van der Waals surface area contributed by atoms with Crippen LogP contribution in [0.2, 0.25) is 0 Å². The molecule has 58 heavy (non-hydrogen) atoms. The van der Waals surface area contributed by atoms with Crippen molar-refractivity contribution in [2.45, 2.75) is 64.3 Å². The normalized spacial score (nSPS) is 23.0. The van der Waals surface area contributed by atoms with Crippen molar-refractivity contribution in [3.63, 3.8) is 0 Å². The first kappa shape index (κ1) is 35.7. The number of hydrogen-bond donors (Lipinski definition) is 3. The average Bonchev–Trinajstić information content (AvgIpc) is 3.70. The number of rotatable bonds is 8. The van der Waals surface area contributed by atoms with Gasteiger partial charge in [0, 0.05) is 106 Å². The second-order valence-corrected chi connectivity index (χ2v) is 16.7. The third kappa shape index (κ3) is 7.65. The number of nitrogens with one attached hydrogen (secondary N) is 1. The van der Waals surface area contributed by atoms with Gasteiger partial charge in [0.1, 0.15) is 5.75 Å². The van der Waals surface area contributed by atoms with E-state index in [-0.39, 0.29) is 11.7 Å². The number of piperidine rings is 3. The lowest BCUT2D eigenvalue weighted by molar-refractivity contribution is 0.0653. The highest BCUT2D eigenvalue weighted by Gasteiger charge is 2.30. The third-order valence-electron chi connectivity index (χ3n) is 13.1. The molecule has 0 spiro atoms. The maximum Gasteiger partial charge on any atom is 0.253 e. The lowest BCUT2D eigenvalue weighted by atomic mass is 9.86. The lowest BCUT2D eigenvalue weighted by Crippen LogP contribution is -2.43. The van der Waals surface area contributed by atoms with Gasteiger partial charge in [0.05, 0.1) is 19.4 Å². The monoisotopic (exact) mass is 781 g/mol. The van der Waals surface area contributed by atoms with Gasteiger partial charge in [-0.1, -0.05) is 24.3 Å². The summed E-state index contributed by atoms with van der Waals surface area (Å²) < 4.78 is 18.8. The Morgan fingerprint density at radius 2 is 1.76 bits per heavy atom. The molecule has 4 aliphatic rings. The van der Waals surface area contributed by atoms with E-state index in [2.05, 4.69) is 85.2 Å². The topological polar surface area (TPSA) is 119 Å². The number of aryl methyl sites for hydroxylation is 2. The minimum atomic E-state index is -0.678. The zero-order valence-corrected chi connectivity index (χ0v) is 33.7. The number of aromatic hydroxyl groups is 1. The fourth-order valence-electron chi connectivity index (χ4n) is 9.91. The molecule has 0 saturated carbocycles. The van der Waals surface area contributed by atoms with Crippen molar-refractivity contribution in [2.24, 2.45) is 5.92 Å². The van der Waals surface area contributed by atoms with Crippen molar-refractivity contribution in [1.29, 1.82) is 0 Å². The van der Waals surface area contributed by atoms with E-state index in [9.17, 15) is 9.90 Å². The number of nitrogens with two attached hydrogens (primary N) is 1. The lowest BCUT2D eigenvalue weighted by Gasteiger charge is -2.38. The number of phenols is 1. The van der Waals surface area contributed by atoms with E-state index in [4.69, 9.17) is 8.48 Å². The summed E-state index contributed by atoms with van der Waals surface area (Å²) in [4.78, 5) is 22.7. The van der Waals surface area contributed by atoms with E-state index in [1.54, 1.807) is 18.2 Å². The maximum atomic E-state index is 13.8. The number of phenolic OH excluding ortho intramolecular Hbond substituents is 1. The van der Waals surface area contributed by atoms with Gasteiger partial charge >= 0.3 is 0 Å². The van der Waals surface area contributed by atoms with Gasteiger partial charge in [0.2, 0.25) is 0 Å². The van der Waals surface area contributed by atoms with E-state index in [0.717, 1.165) is 112 Å². The summed E-state index contributed by atoms with van der Waals surface area (Å²) in [5.74, 6) is 1.57. The summed E-state index contributed by atoms with van der Waals surface area (Å²) in [6, 6.07) is 22.3. The van der Waals surface area contributed by atoms with Crippen molar-refractivity contribution in [3.05, 3.63) is 107 Å². The number of para-hydroxylation sites is 1. The summed E-state index contributed by atoms with van der Waals surface area (Å²) in [5.41, 5.74) is 15.0. The summed E-state index contributed by atoms with van der Waals surface area (Å²) >= 11 is 0. The van der Waals surface area contributed by atoms with Crippen molar-refractivity contribution in [1.82, 2.24) is 29.9 Å². The zero-order valence-electron chi connectivity index (χ0n) is 35.7. The van der Waals surface area contributed by atoms with E-state index in [1.807, 2.05) is 35.4 Å². The summed E-state index contributed by atoms with van der Waals surface area (Å²) in [6.45, 7) is 9.54.